The standard InChI is InChI=1S/C13H11NO4/c1-3-10(16)14-12-9(15)5-4-8-7(2)6-11(17)18-13(8)12/h3-6,15H,1H2,2H3,(H,14,16). The van der Waals surface area contributed by atoms with E-state index in [0.29, 0.717) is 10.9 Å². The molecule has 0 atom stereocenters. The van der Waals surface area contributed by atoms with Crippen LogP contribution in [-0.4, -0.2) is 11.0 Å². The minimum atomic E-state index is -0.542. The van der Waals surface area contributed by atoms with Gasteiger partial charge >= 0.3 is 5.63 Å². The van der Waals surface area contributed by atoms with Crippen LogP contribution in [0.2, 0.25) is 0 Å². The van der Waals surface area contributed by atoms with Gasteiger partial charge in [0.05, 0.1) is 0 Å². The van der Waals surface area contributed by atoms with Crippen molar-refractivity contribution in [2.75, 3.05) is 5.32 Å². The molecule has 92 valence electrons. The number of aromatic hydroxyl groups is 1. The maximum atomic E-state index is 11.3. The number of hydrogen-bond acceptors (Lipinski definition) is 4. The molecule has 5 nitrogen and oxygen atoms in total. The van der Waals surface area contributed by atoms with Gasteiger partial charge in [-0.2, -0.15) is 0 Å². The summed E-state index contributed by atoms with van der Waals surface area (Å²) in [5, 5.41) is 12.8. The summed E-state index contributed by atoms with van der Waals surface area (Å²) in [4.78, 5) is 22.6. The van der Waals surface area contributed by atoms with Crippen molar-refractivity contribution >= 4 is 22.6 Å². The summed E-state index contributed by atoms with van der Waals surface area (Å²) < 4.78 is 5.04. The van der Waals surface area contributed by atoms with Crippen LogP contribution in [0.25, 0.3) is 11.0 Å². The van der Waals surface area contributed by atoms with Crippen LogP contribution in [0.3, 0.4) is 0 Å². The molecule has 1 heterocycles. The summed E-state index contributed by atoms with van der Waals surface area (Å²) in [6.07, 6.45) is 1.06. The number of phenols is 1. The van der Waals surface area contributed by atoms with Crippen molar-refractivity contribution in [3.05, 3.63) is 46.8 Å². The predicted octanol–water partition coefficient (Wildman–Crippen LogP) is 1.93. The molecule has 0 bridgehead atoms. The van der Waals surface area contributed by atoms with Gasteiger partial charge in [-0.15, -0.1) is 0 Å². The summed E-state index contributed by atoms with van der Waals surface area (Å²) in [7, 11) is 0. The zero-order valence-electron chi connectivity index (χ0n) is 9.69. The van der Waals surface area contributed by atoms with Crippen LogP contribution in [0.15, 0.2) is 40.1 Å². The van der Waals surface area contributed by atoms with Crippen molar-refractivity contribution < 1.29 is 14.3 Å². The number of hydrogen-bond donors (Lipinski definition) is 2. The lowest BCUT2D eigenvalue weighted by Crippen LogP contribution is -2.09. The second-order valence-electron chi connectivity index (χ2n) is 3.78. The molecule has 2 rings (SSSR count). The Morgan fingerprint density at radius 2 is 2.22 bits per heavy atom. The first-order chi connectivity index (χ1) is 8.52. The molecule has 0 spiro atoms. The molecule has 0 unspecified atom stereocenters. The number of carbonyl (C=O) groups excluding carboxylic acids is 1. The number of rotatable bonds is 2. The van der Waals surface area contributed by atoms with Crippen molar-refractivity contribution in [1.82, 2.24) is 0 Å². The van der Waals surface area contributed by atoms with E-state index in [1.54, 1.807) is 13.0 Å². The Kier molecular flexibility index (Phi) is 2.89. The van der Waals surface area contributed by atoms with E-state index in [9.17, 15) is 14.7 Å². The molecule has 5 heteroatoms. The third-order valence-electron chi connectivity index (χ3n) is 2.53. The fraction of sp³-hybridized carbons (Fsp3) is 0.0769. The topological polar surface area (TPSA) is 79.5 Å². The Hall–Kier alpha value is -2.56. The highest BCUT2D eigenvalue weighted by Gasteiger charge is 2.13. The Labute approximate surface area is 102 Å². The molecule has 2 N–H and O–H groups in total. The fourth-order valence-electron chi connectivity index (χ4n) is 1.67. The molecule has 0 aliphatic heterocycles. The molecule has 0 saturated carbocycles. The summed E-state index contributed by atoms with van der Waals surface area (Å²) in [5.74, 6) is -0.673. The SMILES string of the molecule is C=CC(=O)Nc1c(O)ccc2c(C)cc(=O)oc12. The molecular formula is C13H11NO4. The van der Waals surface area contributed by atoms with Crippen LogP contribution in [0.4, 0.5) is 5.69 Å². The normalized spacial score (nSPS) is 10.3. The molecule has 1 amide bonds. The monoisotopic (exact) mass is 245 g/mol. The van der Waals surface area contributed by atoms with Gasteiger partial charge in [-0.25, -0.2) is 4.79 Å². The minimum absolute atomic E-state index is 0.0678. The van der Waals surface area contributed by atoms with Gasteiger partial charge in [0.15, 0.2) is 5.58 Å². The maximum absolute atomic E-state index is 11.3. The average molecular weight is 245 g/mol. The fourth-order valence-corrected chi connectivity index (χ4v) is 1.67. The Morgan fingerprint density at radius 3 is 2.89 bits per heavy atom. The quantitative estimate of drug-likeness (QED) is 0.481. The second-order valence-corrected chi connectivity index (χ2v) is 3.78. The van der Waals surface area contributed by atoms with E-state index in [4.69, 9.17) is 4.42 Å². The molecule has 0 aliphatic carbocycles. The third kappa shape index (κ3) is 1.98. The predicted molar refractivity (Wildman–Crippen MR) is 67.7 cm³/mol. The van der Waals surface area contributed by atoms with Crippen LogP contribution >= 0.6 is 0 Å². The lowest BCUT2D eigenvalue weighted by atomic mass is 10.1. The molecular weight excluding hydrogens is 234 g/mol. The maximum Gasteiger partial charge on any atom is 0.336 e. The van der Waals surface area contributed by atoms with E-state index in [1.807, 2.05) is 0 Å². The number of phenolic OH excluding ortho intramolecular Hbond substituents is 1. The van der Waals surface area contributed by atoms with Gasteiger partial charge in [-0.3, -0.25) is 4.79 Å². The molecule has 2 aromatic rings. The zero-order chi connectivity index (χ0) is 13.3. The zero-order valence-corrected chi connectivity index (χ0v) is 9.69. The number of benzene rings is 1. The Balaban J connectivity index is 2.77. The Bertz CT molecular complexity index is 700. The van der Waals surface area contributed by atoms with Gasteiger partial charge in [0, 0.05) is 11.5 Å². The summed E-state index contributed by atoms with van der Waals surface area (Å²) in [5.41, 5.74) is 0.378. The number of nitrogens with one attached hydrogen (secondary N) is 1. The van der Waals surface area contributed by atoms with E-state index in [-0.39, 0.29) is 17.0 Å². The molecule has 0 saturated heterocycles. The van der Waals surface area contributed by atoms with Gasteiger partial charge in [-0.05, 0) is 30.7 Å². The van der Waals surface area contributed by atoms with E-state index >= 15 is 0 Å². The van der Waals surface area contributed by atoms with Crippen LogP contribution in [0.1, 0.15) is 5.56 Å². The van der Waals surface area contributed by atoms with E-state index < -0.39 is 11.5 Å². The average Bonchev–Trinajstić information content (AvgIpc) is 2.32. The van der Waals surface area contributed by atoms with E-state index in [1.165, 1.54) is 12.1 Å². The first kappa shape index (κ1) is 11.9. The van der Waals surface area contributed by atoms with Gasteiger partial charge in [0.1, 0.15) is 11.4 Å². The molecule has 18 heavy (non-hydrogen) atoms. The van der Waals surface area contributed by atoms with Gasteiger partial charge in [0.2, 0.25) is 5.91 Å². The highest BCUT2D eigenvalue weighted by Crippen LogP contribution is 2.32. The van der Waals surface area contributed by atoms with Gasteiger partial charge in [-0.1, -0.05) is 6.58 Å². The first-order valence-corrected chi connectivity index (χ1v) is 5.23. The van der Waals surface area contributed by atoms with Crippen molar-refractivity contribution in [1.29, 1.82) is 0 Å². The van der Waals surface area contributed by atoms with E-state index in [0.717, 1.165) is 6.08 Å². The smallest absolute Gasteiger partial charge is 0.336 e. The number of aryl methyl sites for hydroxylation is 1. The van der Waals surface area contributed by atoms with Crippen molar-refractivity contribution in [2.24, 2.45) is 0 Å². The lowest BCUT2D eigenvalue weighted by Gasteiger charge is -2.09. The van der Waals surface area contributed by atoms with Crippen molar-refractivity contribution in [3.8, 4) is 5.75 Å². The summed E-state index contributed by atoms with van der Waals surface area (Å²) in [6.45, 7) is 5.06. The minimum Gasteiger partial charge on any atom is -0.506 e. The van der Waals surface area contributed by atoms with Crippen LogP contribution < -0.4 is 10.9 Å². The number of fused-ring (bicyclic) bond motifs is 1. The van der Waals surface area contributed by atoms with Crippen molar-refractivity contribution in [3.63, 3.8) is 0 Å². The molecule has 0 radical (unpaired) electrons. The highest BCUT2D eigenvalue weighted by molar-refractivity contribution is 6.06. The number of anilines is 1. The molecule has 0 fully saturated rings. The first-order valence-electron chi connectivity index (χ1n) is 5.23. The second kappa shape index (κ2) is 4.37. The molecule has 1 aromatic heterocycles. The molecule has 0 aliphatic rings. The third-order valence-corrected chi connectivity index (χ3v) is 2.53. The number of carbonyl (C=O) groups is 1. The highest BCUT2D eigenvalue weighted by atomic mass is 16.4. The lowest BCUT2D eigenvalue weighted by molar-refractivity contribution is -0.111. The largest absolute Gasteiger partial charge is 0.506 e. The van der Waals surface area contributed by atoms with Gasteiger partial charge < -0.3 is 14.8 Å². The van der Waals surface area contributed by atoms with Crippen LogP contribution in [0, 0.1) is 6.92 Å². The summed E-state index contributed by atoms with van der Waals surface area (Å²) in [6, 6.07) is 4.39. The van der Waals surface area contributed by atoms with Gasteiger partial charge in [0.25, 0.3) is 0 Å². The van der Waals surface area contributed by atoms with Crippen LogP contribution in [-0.2, 0) is 4.79 Å². The van der Waals surface area contributed by atoms with E-state index in [2.05, 4.69) is 11.9 Å². The molecule has 1 aromatic carbocycles. The Morgan fingerprint density at radius 1 is 1.50 bits per heavy atom. The number of amides is 1. The van der Waals surface area contributed by atoms with Crippen LogP contribution in [0.5, 0.6) is 5.75 Å². The van der Waals surface area contributed by atoms with Crippen molar-refractivity contribution in [2.45, 2.75) is 6.92 Å². The summed E-state index contributed by atoms with van der Waals surface area (Å²) >= 11 is 0.